The SMILES string of the molecule is O=S(=O)(F)c1ccccc1Cn1cncn1. The van der Waals surface area contributed by atoms with Crippen molar-refractivity contribution in [2.45, 2.75) is 11.4 Å². The smallest absolute Gasteiger partial charge is 0.249 e. The zero-order valence-electron chi connectivity index (χ0n) is 8.12. The second-order valence-corrected chi connectivity index (χ2v) is 4.45. The van der Waals surface area contributed by atoms with Crippen LogP contribution in [0.15, 0.2) is 41.8 Å². The molecule has 0 saturated heterocycles. The average Bonchev–Trinajstić information content (AvgIpc) is 2.70. The first-order valence-electron chi connectivity index (χ1n) is 4.42. The van der Waals surface area contributed by atoms with E-state index >= 15 is 0 Å². The van der Waals surface area contributed by atoms with E-state index < -0.39 is 10.2 Å². The van der Waals surface area contributed by atoms with E-state index in [1.54, 1.807) is 6.07 Å². The van der Waals surface area contributed by atoms with Crippen molar-refractivity contribution in [3.05, 3.63) is 42.5 Å². The van der Waals surface area contributed by atoms with Crippen molar-refractivity contribution in [2.24, 2.45) is 0 Å². The Morgan fingerprint density at radius 1 is 1.31 bits per heavy atom. The zero-order chi connectivity index (χ0) is 11.6. The molecular weight excluding hydrogens is 233 g/mol. The fourth-order valence-electron chi connectivity index (χ4n) is 1.36. The van der Waals surface area contributed by atoms with Gasteiger partial charge in [-0.3, -0.25) is 0 Å². The van der Waals surface area contributed by atoms with Crippen molar-refractivity contribution in [1.82, 2.24) is 14.8 Å². The van der Waals surface area contributed by atoms with Crippen LogP contribution in [-0.4, -0.2) is 23.2 Å². The van der Waals surface area contributed by atoms with Crippen molar-refractivity contribution in [3.63, 3.8) is 0 Å². The molecule has 0 aliphatic heterocycles. The van der Waals surface area contributed by atoms with Gasteiger partial charge >= 0.3 is 10.2 Å². The van der Waals surface area contributed by atoms with E-state index in [1.807, 2.05) is 0 Å². The van der Waals surface area contributed by atoms with Gasteiger partial charge in [0, 0.05) is 0 Å². The molecule has 0 atom stereocenters. The molecule has 1 aromatic carbocycles. The molecule has 7 heteroatoms. The first-order chi connectivity index (χ1) is 7.57. The van der Waals surface area contributed by atoms with Crippen molar-refractivity contribution >= 4 is 10.2 Å². The lowest BCUT2D eigenvalue weighted by atomic mass is 10.2. The maximum Gasteiger partial charge on any atom is 0.332 e. The maximum atomic E-state index is 12.9. The van der Waals surface area contributed by atoms with Crippen LogP contribution in [0.1, 0.15) is 5.56 Å². The molecule has 16 heavy (non-hydrogen) atoms. The second kappa shape index (κ2) is 4.01. The van der Waals surface area contributed by atoms with Gasteiger partial charge in [0.15, 0.2) is 0 Å². The van der Waals surface area contributed by atoms with Gasteiger partial charge in [0.25, 0.3) is 0 Å². The fourth-order valence-corrected chi connectivity index (χ4v) is 2.05. The lowest BCUT2D eigenvalue weighted by molar-refractivity contribution is 0.549. The summed E-state index contributed by atoms with van der Waals surface area (Å²) in [7, 11) is -4.70. The highest BCUT2D eigenvalue weighted by Gasteiger charge is 2.16. The van der Waals surface area contributed by atoms with Crippen LogP contribution in [-0.2, 0) is 16.8 Å². The maximum absolute atomic E-state index is 12.9. The minimum Gasteiger partial charge on any atom is -0.249 e. The standard InChI is InChI=1S/C9H8FN3O2S/c10-16(14,15)9-4-2-1-3-8(9)5-13-7-11-6-12-13/h1-4,6-7H,5H2. The molecule has 0 aliphatic rings. The fraction of sp³-hybridized carbons (Fsp3) is 0.111. The molecule has 0 unspecified atom stereocenters. The highest BCUT2D eigenvalue weighted by Crippen LogP contribution is 2.18. The van der Waals surface area contributed by atoms with Crippen LogP contribution in [0.3, 0.4) is 0 Å². The van der Waals surface area contributed by atoms with E-state index in [2.05, 4.69) is 10.1 Å². The summed E-state index contributed by atoms with van der Waals surface area (Å²) in [5, 5.41) is 3.82. The third-order valence-electron chi connectivity index (χ3n) is 2.03. The lowest BCUT2D eigenvalue weighted by Crippen LogP contribution is -2.05. The Hall–Kier alpha value is -1.76. The van der Waals surface area contributed by atoms with Crippen molar-refractivity contribution in [3.8, 4) is 0 Å². The van der Waals surface area contributed by atoms with E-state index in [0.29, 0.717) is 5.56 Å². The van der Waals surface area contributed by atoms with Crippen LogP contribution in [0, 0.1) is 0 Å². The summed E-state index contributed by atoms with van der Waals surface area (Å²) < 4.78 is 36.1. The molecule has 0 aliphatic carbocycles. The Kier molecular flexibility index (Phi) is 2.69. The van der Waals surface area contributed by atoms with E-state index in [9.17, 15) is 12.3 Å². The minimum absolute atomic E-state index is 0.166. The lowest BCUT2D eigenvalue weighted by Gasteiger charge is -2.05. The largest absolute Gasteiger partial charge is 0.332 e. The average molecular weight is 241 g/mol. The van der Waals surface area contributed by atoms with E-state index in [0.717, 1.165) is 0 Å². The summed E-state index contributed by atoms with van der Waals surface area (Å²) in [4.78, 5) is 3.39. The summed E-state index contributed by atoms with van der Waals surface area (Å²) in [6, 6.07) is 5.87. The highest BCUT2D eigenvalue weighted by molar-refractivity contribution is 7.86. The Morgan fingerprint density at radius 3 is 2.69 bits per heavy atom. The number of aromatic nitrogens is 3. The van der Waals surface area contributed by atoms with Crippen molar-refractivity contribution < 1.29 is 12.3 Å². The van der Waals surface area contributed by atoms with Crippen LogP contribution in [0.25, 0.3) is 0 Å². The number of rotatable bonds is 3. The van der Waals surface area contributed by atoms with Gasteiger partial charge in [-0.2, -0.15) is 13.5 Å². The third kappa shape index (κ3) is 2.25. The molecule has 0 saturated carbocycles. The number of benzene rings is 1. The van der Waals surface area contributed by atoms with E-state index in [1.165, 1.54) is 35.5 Å². The number of nitrogens with zero attached hydrogens (tertiary/aromatic N) is 3. The van der Waals surface area contributed by atoms with Gasteiger partial charge in [-0.15, -0.1) is 3.89 Å². The summed E-state index contributed by atoms with van der Waals surface area (Å²) in [6.07, 6.45) is 2.76. The Morgan fingerprint density at radius 2 is 2.06 bits per heavy atom. The summed E-state index contributed by atoms with van der Waals surface area (Å²) >= 11 is 0. The van der Waals surface area contributed by atoms with E-state index in [4.69, 9.17) is 0 Å². The Bertz CT molecular complexity index is 581. The molecule has 0 bridgehead atoms. The molecule has 1 aromatic heterocycles. The predicted octanol–water partition coefficient (Wildman–Crippen LogP) is 0.985. The molecule has 0 spiro atoms. The summed E-state index contributed by atoms with van der Waals surface area (Å²) in [5.74, 6) is 0. The van der Waals surface area contributed by atoms with Gasteiger partial charge in [0.1, 0.15) is 17.6 Å². The first-order valence-corrected chi connectivity index (χ1v) is 5.81. The molecule has 0 radical (unpaired) electrons. The molecule has 2 rings (SSSR count). The molecule has 0 N–H and O–H groups in total. The van der Waals surface area contributed by atoms with Crippen molar-refractivity contribution in [1.29, 1.82) is 0 Å². The van der Waals surface area contributed by atoms with Gasteiger partial charge < -0.3 is 0 Å². The summed E-state index contributed by atoms with van der Waals surface area (Å²) in [5.41, 5.74) is 0.343. The summed E-state index contributed by atoms with van der Waals surface area (Å²) in [6.45, 7) is 0.166. The Labute approximate surface area is 91.8 Å². The number of hydrogen-bond donors (Lipinski definition) is 0. The highest BCUT2D eigenvalue weighted by atomic mass is 32.3. The van der Waals surface area contributed by atoms with E-state index in [-0.39, 0.29) is 11.4 Å². The molecule has 0 fully saturated rings. The minimum atomic E-state index is -4.70. The third-order valence-corrected chi connectivity index (χ3v) is 2.96. The number of hydrogen-bond acceptors (Lipinski definition) is 4. The second-order valence-electron chi connectivity index (χ2n) is 3.14. The molecule has 1 heterocycles. The quantitative estimate of drug-likeness (QED) is 0.751. The molecule has 84 valence electrons. The van der Waals surface area contributed by atoms with Crippen LogP contribution < -0.4 is 0 Å². The predicted molar refractivity (Wildman–Crippen MR) is 53.9 cm³/mol. The molecule has 2 aromatic rings. The van der Waals surface area contributed by atoms with Crippen LogP contribution in [0.4, 0.5) is 3.89 Å². The monoisotopic (exact) mass is 241 g/mol. The van der Waals surface area contributed by atoms with Gasteiger partial charge in [-0.1, -0.05) is 18.2 Å². The molecule has 0 amide bonds. The molecular formula is C9H8FN3O2S. The van der Waals surface area contributed by atoms with Gasteiger partial charge in [0.2, 0.25) is 0 Å². The van der Waals surface area contributed by atoms with Gasteiger partial charge in [-0.25, -0.2) is 9.67 Å². The van der Waals surface area contributed by atoms with Crippen LogP contribution in [0.5, 0.6) is 0 Å². The zero-order valence-corrected chi connectivity index (χ0v) is 8.93. The normalized spacial score (nSPS) is 11.6. The number of halogens is 1. The topological polar surface area (TPSA) is 64.8 Å². The first kappa shape index (κ1) is 10.7. The van der Waals surface area contributed by atoms with Gasteiger partial charge in [-0.05, 0) is 11.6 Å². The Balaban J connectivity index is 2.42. The van der Waals surface area contributed by atoms with Crippen molar-refractivity contribution in [2.75, 3.05) is 0 Å². The van der Waals surface area contributed by atoms with Gasteiger partial charge in [0.05, 0.1) is 6.54 Å². The van der Waals surface area contributed by atoms with Crippen LogP contribution >= 0.6 is 0 Å². The molecule has 5 nitrogen and oxygen atoms in total. The van der Waals surface area contributed by atoms with Crippen LogP contribution in [0.2, 0.25) is 0 Å².